The summed E-state index contributed by atoms with van der Waals surface area (Å²) >= 11 is 3.87. The first kappa shape index (κ1) is 19.0. The Balaban J connectivity index is 1.46. The van der Waals surface area contributed by atoms with Crippen molar-refractivity contribution in [3.63, 3.8) is 0 Å². The number of imide groups is 1. The van der Waals surface area contributed by atoms with Crippen LogP contribution in [0.3, 0.4) is 0 Å². The van der Waals surface area contributed by atoms with Crippen LogP contribution >= 0.6 is 34.9 Å². The number of ether oxygens (including phenoxy) is 1. The highest BCUT2D eigenvalue weighted by Crippen LogP contribution is 2.31. The number of fused-ring (bicyclic) bond motifs is 1. The number of hydrogen-bond acceptors (Lipinski definition) is 8. The number of carbonyl (C=O) groups is 3. The summed E-state index contributed by atoms with van der Waals surface area (Å²) in [6, 6.07) is 5.73. The van der Waals surface area contributed by atoms with Crippen LogP contribution in [0.4, 0.5) is 4.79 Å². The number of hydrogen-bond donors (Lipinski definition) is 1. The molecule has 7 nitrogen and oxygen atoms in total. The predicted octanol–water partition coefficient (Wildman–Crippen LogP) is 2.60. The highest BCUT2D eigenvalue weighted by molar-refractivity contribution is 8.14. The summed E-state index contributed by atoms with van der Waals surface area (Å²) in [6.45, 7) is 3.02. The van der Waals surface area contributed by atoms with E-state index in [4.69, 9.17) is 4.74 Å². The lowest BCUT2D eigenvalue weighted by Crippen LogP contribution is -2.38. The van der Waals surface area contributed by atoms with Gasteiger partial charge in [-0.05, 0) is 25.1 Å². The average molecular weight is 412 g/mol. The summed E-state index contributed by atoms with van der Waals surface area (Å²) in [5, 5.41) is 2.47. The zero-order valence-electron chi connectivity index (χ0n) is 14.0. The van der Waals surface area contributed by atoms with Gasteiger partial charge in [-0.25, -0.2) is 4.98 Å². The maximum Gasteiger partial charge on any atom is 0.288 e. The second kappa shape index (κ2) is 8.74. The summed E-state index contributed by atoms with van der Waals surface area (Å²) in [7, 11) is 0. The molecule has 1 aliphatic heterocycles. The molecule has 2 aromatic rings. The van der Waals surface area contributed by atoms with E-state index in [9.17, 15) is 14.4 Å². The van der Waals surface area contributed by atoms with Crippen molar-refractivity contribution in [3.05, 3.63) is 18.2 Å². The molecule has 0 unspecified atom stereocenters. The van der Waals surface area contributed by atoms with Crippen LogP contribution in [0.1, 0.15) is 6.92 Å². The zero-order valence-corrected chi connectivity index (χ0v) is 16.5. The molecule has 3 rings (SSSR count). The van der Waals surface area contributed by atoms with Crippen LogP contribution in [0.15, 0.2) is 22.5 Å². The van der Waals surface area contributed by atoms with E-state index in [1.165, 1.54) is 28.0 Å². The summed E-state index contributed by atoms with van der Waals surface area (Å²) in [4.78, 5) is 40.5. The van der Waals surface area contributed by atoms with Crippen LogP contribution in [-0.2, 0) is 9.59 Å². The van der Waals surface area contributed by atoms with Gasteiger partial charge in [0, 0.05) is 13.1 Å². The Morgan fingerprint density at radius 1 is 1.42 bits per heavy atom. The number of nitrogens with one attached hydrogen (secondary N) is 1. The third kappa shape index (κ3) is 4.68. The summed E-state index contributed by atoms with van der Waals surface area (Å²) in [5.74, 6) is 0.864. The lowest BCUT2D eigenvalue weighted by atomic mass is 10.3. The van der Waals surface area contributed by atoms with Crippen molar-refractivity contribution in [2.24, 2.45) is 0 Å². The molecule has 0 saturated carbocycles. The molecule has 0 atom stereocenters. The molecular weight excluding hydrogens is 394 g/mol. The molecule has 1 N–H and O–H groups in total. The third-order valence-corrected chi connectivity index (χ3v) is 6.50. The van der Waals surface area contributed by atoms with E-state index in [-0.39, 0.29) is 41.6 Å². The first-order valence-corrected chi connectivity index (χ1v) is 10.8. The second-order valence-corrected chi connectivity index (χ2v) is 8.46. The van der Waals surface area contributed by atoms with E-state index in [0.29, 0.717) is 6.61 Å². The molecular formula is C16H17N3O4S3. The van der Waals surface area contributed by atoms with Gasteiger partial charge in [-0.2, -0.15) is 0 Å². The van der Waals surface area contributed by atoms with Crippen molar-refractivity contribution >= 4 is 62.1 Å². The zero-order chi connectivity index (χ0) is 18.5. The van der Waals surface area contributed by atoms with Gasteiger partial charge >= 0.3 is 0 Å². The smallest absolute Gasteiger partial charge is 0.288 e. The summed E-state index contributed by atoms with van der Waals surface area (Å²) in [5.41, 5.74) is 0.880. The normalized spacial score (nSPS) is 14.3. The molecule has 0 radical (unpaired) electrons. The maximum atomic E-state index is 11.9. The number of rotatable bonds is 8. The van der Waals surface area contributed by atoms with Gasteiger partial charge in [0.05, 0.1) is 28.3 Å². The molecule has 26 heavy (non-hydrogen) atoms. The van der Waals surface area contributed by atoms with Gasteiger partial charge in [-0.15, -0.1) is 11.3 Å². The Labute approximate surface area is 162 Å². The van der Waals surface area contributed by atoms with Crippen LogP contribution in [0.5, 0.6) is 5.75 Å². The van der Waals surface area contributed by atoms with Crippen molar-refractivity contribution in [1.82, 2.24) is 15.2 Å². The van der Waals surface area contributed by atoms with Crippen LogP contribution in [0.25, 0.3) is 10.2 Å². The quantitative estimate of drug-likeness (QED) is 0.668. The Kier molecular flexibility index (Phi) is 6.38. The van der Waals surface area contributed by atoms with Crippen molar-refractivity contribution in [3.8, 4) is 5.75 Å². The number of thioether (sulfide) groups is 2. The SMILES string of the molecule is CCOc1ccc2nc(SCC(=O)NCCN3C(=O)CSC3=O)sc2c1. The first-order valence-electron chi connectivity index (χ1n) is 7.97. The van der Waals surface area contributed by atoms with Gasteiger partial charge in [0.25, 0.3) is 5.24 Å². The van der Waals surface area contributed by atoms with Gasteiger partial charge in [0.15, 0.2) is 4.34 Å². The average Bonchev–Trinajstić information content (AvgIpc) is 3.17. The van der Waals surface area contributed by atoms with Crippen LogP contribution in [0, 0.1) is 0 Å². The van der Waals surface area contributed by atoms with E-state index >= 15 is 0 Å². The third-order valence-electron chi connectivity index (χ3n) is 3.48. The van der Waals surface area contributed by atoms with Gasteiger partial charge in [0.1, 0.15) is 5.75 Å². The Bertz CT molecular complexity index is 823. The standard InChI is InChI=1S/C16H17N3O4S3/c1-2-23-10-3-4-11-12(7-10)26-15(18-11)24-8-13(20)17-5-6-19-14(21)9-25-16(19)22/h3-4,7H,2,5-6,8-9H2,1H3,(H,17,20). The van der Waals surface area contributed by atoms with Gasteiger partial charge < -0.3 is 10.1 Å². The fourth-order valence-corrected chi connectivity index (χ4v) is 4.96. The van der Waals surface area contributed by atoms with Crippen LogP contribution in [0.2, 0.25) is 0 Å². The molecule has 10 heteroatoms. The second-order valence-electron chi connectivity index (χ2n) is 5.28. The number of benzene rings is 1. The maximum absolute atomic E-state index is 11.9. The van der Waals surface area contributed by atoms with Crippen molar-refractivity contribution in [1.29, 1.82) is 0 Å². The molecule has 1 fully saturated rings. The predicted molar refractivity (Wildman–Crippen MR) is 104 cm³/mol. The number of thiazole rings is 1. The van der Waals surface area contributed by atoms with Crippen LogP contribution in [-0.4, -0.2) is 58.1 Å². The number of aromatic nitrogens is 1. The van der Waals surface area contributed by atoms with Gasteiger partial charge in [-0.1, -0.05) is 23.5 Å². The van der Waals surface area contributed by atoms with E-state index in [1.807, 2.05) is 25.1 Å². The highest BCUT2D eigenvalue weighted by atomic mass is 32.2. The minimum absolute atomic E-state index is 0.156. The van der Waals surface area contributed by atoms with Crippen molar-refractivity contribution in [2.45, 2.75) is 11.3 Å². The molecule has 2 heterocycles. The highest BCUT2D eigenvalue weighted by Gasteiger charge is 2.29. The van der Waals surface area contributed by atoms with Crippen molar-refractivity contribution in [2.75, 3.05) is 31.2 Å². The van der Waals surface area contributed by atoms with Crippen molar-refractivity contribution < 1.29 is 19.1 Å². The molecule has 0 bridgehead atoms. The molecule has 3 amide bonds. The Hall–Kier alpha value is -1.78. The number of amides is 3. The fourth-order valence-electron chi connectivity index (χ4n) is 2.28. The summed E-state index contributed by atoms with van der Waals surface area (Å²) in [6.07, 6.45) is 0. The molecule has 1 aromatic carbocycles. The molecule has 1 saturated heterocycles. The van der Waals surface area contributed by atoms with E-state index in [2.05, 4.69) is 10.3 Å². The minimum atomic E-state index is -0.250. The lowest BCUT2D eigenvalue weighted by molar-refractivity contribution is -0.125. The van der Waals surface area contributed by atoms with Gasteiger partial charge in [-0.3, -0.25) is 19.3 Å². The van der Waals surface area contributed by atoms with Gasteiger partial charge in [0.2, 0.25) is 11.8 Å². The number of nitrogens with zero attached hydrogens (tertiary/aromatic N) is 2. The first-order chi connectivity index (χ1) is 12.6. The Morgan fingerprint density at radius 3 is 3.00 bits per heavy atom. The molecule has 138 valence electrons. The van der Waals surface area contributed by atoms with E-state index < -0.39 is 0 Å². The largest absolute Gasteiger partial charge is 0.494 e. The fraction of sp³-hybridized carbons (Fsp3) is 0.375. The summed E-state index contributed by atoms with van der Waals surface area (Å²) < 4.78 is 7.30. The molecule has 0 spiro atoms. The number of carbonyl (C=O) groups excluding carboxylic acids is 3. The monoisotopic (exact) mass is 411 g/mol. The molecule has 1 aliphatic rings. The topological polar surface area (TPSA) is 88.6 Å². The van der Waals surface area contributed by atoms with E-state index in [1.54, 1.807) is 0 Å². The molecule has 0 aliphatic carbocycles. The Morgan fingerprint density at radius 2 is 2.27 bits per heavy atom. The minimum Gasteiger partial charge on any atom is -0.494 e. The molecule has 1 aromatic heterocycles. The van der Waals surface area contributed by atoms with Crippen LogP contribution < -0.4 is 10.1 Å². The lowest BCUT2D eigenvalue weighted by Gasteiger charge is -2.12. The van der Waals surface area contributed by atoms with E-state index in [0.717, 1.165) is 32.1 Å².